The maximum absolute atomic E-state index is 11.9. The minimum atomic E-state index is -0.480. The Morgan fingerprint density at radius 1 is 1.21 bits per heavy atom. The number of benzene rings is 2. The van der Waals surface area contributed by atoms with E-state index in [1.165, 1.54) is 0 Å². The van der Waals surface area contributed by atoms with Crippen molar-refractivity contribution in [1.29, 1.82) is 0 Å². The molecule has 0 bridgehead atoms. The molecule has 3 aromatic rings. The predicted molar refractivity (Wildman–Crippen MR) is 107 cm³/mol. The third-order valence-electron chi connectivity index (χ3n) is 4.71. The van der Waals surface area contributed by atoms with Gasteiger partial charge in [0.1, 0.15) is 0 Å². The van der Waals surface area contributed by atoms with Crippen LogP contribution < -0.4 is 5.73 Å². The summed E-state index contributed by atoms with van der Waals surface area (Å²) in [5.74, 6) is -0.270. The summed E-state index contributed by atoms with van der Waals surface area (Å²) in [4.78, 5) is 27.0. The topological polar surface area (TPSA) is 104 Å². The highest BCUT2D eigenvalue weighted by molar-refractivity contribution is 5.83. The average Bonchev–Trinajstić information content (AvgIpc) is 3.15. The lowest BCUT2D eigenvalue weighted by atomic mass is 9.91. The fraction of sp³-hybridized carbons (Fsp3) is 0.238. The maximum Gasteiger partial charge on any atom is 0.277 e. The monoisotopic (exact) mass is 378 g/mol. The van der Waals surface area contributed by atoms with Gasteiger partial charge in [-0.15, -0.1) is 0 Å². The minimum Gasteiger partial charge on any atom is -0.369 e. The van der Waals surface area contributed by atoms with Crippen molar-refractivity contribution in [3.05, 3.63) is 82.4 Å². The Labute approximate surface area is 163 Å². The number of rotatable bonds is 7. The third-order valence-corrected chi connectivity index (χ3v) is 4.71. The lowest BCUT2D eigenvalue weighted by Gasteiger charge is -2.23. The van der Waals surface area contributed by atoms with Crippen molar-refractivity contribution >= 4 is 11.6 Å². The normalized spacial score (nSPS) is 12.1. The largest absolute Gasteiger partial charge is 0.369 e. The summed E-state index contributed by atoms with van der Waals surface area (Å²) in [6, 6.07) is 12.3. The zero-order valence-corrected chi connectivity index (χ0v) is 15.8. The van der Waals surface area contributed by atoms with E-state index >= 15 is 0 Å². The van der Waals surface area contributed by atoms with Crippen molar-refractivity contribution in [3.63, 3.8) is 0 Å². The van der Waals surface area contributed by atoms with Crippen molar-refractivity contribution in [2.75, 3.05) is 0 Å². The molecule has 2 N–H and O–H groups in total. The van der Waals surface area contributed by atoms with Gasteiger partial charge in [0.2, 0.25) is 5.91 Å². The zero-order valence-electron chi connectivity index (χ0n) is 15.8. The first-order valence-corrected chi connectivity index (χ1v) is 9.01. The number of aromatic nitrogens is 2. The van der Waals surface area contributed by atoms with Crippen LogP contribution >= 0.6 is 0 Å². The van der Waals surface area contributed by atoms with Gasteiger partial charge in [0, 0.05) is 18.5 Å². The lowest BCUT2D eigenvalue weighted by Crippen LogP contribution is -2.16. The number of amides is 1. The van der Waals surface area contributed by atoms with Gasteiger partial charge in [0.15, 0.2) is 0 Å². The van der Waals surface area contributed by atoms with Gasteiger partial charge in [-0.2, -0.15) is 0 Å². The molecule has 0 saturated carbocycles. The molecule has 7 nitrogen and oxygen atoms in total. The van der Waals surface area contributed by atoms with Crippen molar-refractivity contribution in [3.8, 4) is 11.1 Å². The van der Waals surface area contributed by atoms with E-state index in [2.05, 4.69) is 18.8 Å². The van der Waals surface area contributed by atoms with Gasteiger partial charge in [0.25, 0.3) is 5.69 Å². The molecule has 1 amide bonds. The number of hydrogen-bond donors (Lipinski definition) is 1. The van der Waals surface area contributed by atoms with E-state index in [-0.39, 0.29) is 29.0 Å². The summed E-state index contributed by atoms with van der Waals surface area (Å²) < 4.78 is 1.95. The molecule has 0 saturated heterocycles. The fourth-order valence-corrected chi connectivity index (χ4v) is 3.57. The van der Waals surface area contributed by atoms with Crippen LogP contribution in [0.5, 0.6) is 0 Å². The Hall–Kier alpha value is -3.48. The van der Waals surface area contributed by atoms with Gasteiger partial charge >= 0.3 is 0 Å². The standard InChI is InChI=1S/C21H22N4O3/c1-14(2)21(24-10-9-23-13-24)16-7-8-18(19(11-16)25(27)28)17-6-4-3-5-15(17)12-20(22)26/h3-11,13-14,21H,12H2,1-2H3,(H2,22,26). The highest BCUT2D eigenvalue weighted by atomic mass is 16.6. The van der Waals surface area contributed by atoms with E-state index < -0.39 is 5.91 Å². The molecule has 144 valence electrons. The van der Waals surface area contributed by atoms with E-state index in [0.29, 0.717) is 16.7 Å². The fourth-order valence-electron chi connectivity index (χ4n) is 3.57. The molecule has 0 aliphatic rings. The number of nitrogens with zero attached hydrogens (tertiary/aromatic N) is 3. The van der Waals surface area contributed by atoms with Crippen LogP contribution in [0.25, 0.3) is 11.1 Å². The molecule has 0 aliphatic carbocycles. The van der Waals surface area contributed by atoms with Gasteiger partial charge in [-0.3, -0.25) is 14.9 Å². The van der Waals surface area contributed by atoms with Crippen LogP contribution in [0.2, 0.25) is 0 Å². The van der Waals surface area contributed by atoms with Crippen molar-refractivity contribution in [2.45, 2.75) is 26.3 Å². The van der Waals surface area contributed by atoms with Crippen LogP contribution in [0.3, 0.4) is 0 Å². The lowest BCUT2D eigenvalue weighted by molar-refractivity contribution is -0.384. The second-order valence-corrected chi connectivity index (χ2v) is 7.03. The van der Waals surface area contributed by atoms with Crippen molar-refractivity contribution in [2.24, 2.45) is 11.7 Å². The summed E-state index contributed by atoms with van der Waals surface area (Å²) >= 11 is 0. The molecule has 1 atom stereocenters. The molecular weight excluding hydrogens is 356 g/mol. The number of hydrogen-bond acceptors (Lipinski definition) is 4. The number of imidazole rings is 1. The van der Waals surface area contributed by atoms with E-state index in [4.69, 9.17) is 5.73 Å². The van der Waals surface area contributed by atoms with Gasteiger partial charge in [0.05, 0.1) is 29.3 Å². The third kappa shape index (κ3) is 3.93. The predicted octanol–water partition coefficient (Wildman–Crippen LogP) is 3.73. The van der Waals surface area contributed by atoms with Crippen molar-refractivity contribution in [1.82, 2.24) is 9.55 Å². The first-order chi connectivity index (χ1) is 13.4. The molecule has 0 spiro atoms. The Balaban J connectivity index is 2.14. The van der Waals surface area contributed by atoms with Crippen LogP contribution in [0, 0.1) is 16.0 Å². The Kier molecular flexibility index (Phi) is 5.54. The average molecular weight is 378 g/mol. The van der Waals surface area contributed by atoms with Crippen LogP contribution in [0.4, 0.5) is 5.69 Å². The number of nitrogens with two attached hydrogens (primary N) is 1. The van der Waals surface area contributed by atoms with Crippen LogP contribution in [-0.4, -0.2) is 20.4 Å². The Morgan fingerprint density at radius 2 is 1.96 bits per heavy atom. The molecule has 0 radical (unpaired) electrons. The summed E-state index contributed by atoms with van der Waals surface area (Å²) in [5.41, 5.74) is 7.95. The molecule has 0 aliphatic heterocycles. The van der Waals surface area contributed by atoms with Gasteiger partial charge in [-0.25, -0.2) is 4.98 Å². The molecule has 1 heterocycles. The second-order valence-electron chi connectivity index (χ2n) is 7.03. The Bertz CT molecular complexity index is 997. The second kappa shape index (κ2) is 8.04. The molecule has 2 aromatic carbocycles. The summed E-state index contributed by atoms with van der Waals surface area (Å²) in [6.45, 7) is 4.12. The van der Waals surface area contributed by atoms with Crippen LogP contribution in [-0.2, 0) is 11.2 Å². The summed E-state index contributed by atoms with van der Waals surface area (Å²) in [7, 11) is 0. The first-order valence-electron chi connectivity index (χ1n) is 9.01. The highest BCUT2D eigenvalue weighted by Crippen LogP contribution is 2.36. The zero-order chi connectivity index (χ0) is 20.3. The van der Waals surface area contributed by atoms with Gasteiger partial charge in [-0.1, -0.05) is 44.2 Å². The molecule has 1 unspecified atom stereocenters. The van der Waals surface area contributed by atoms with Crippen LogP contribution in [0.1, 0.15) is 31.0 Å². The van der Waals surface area contributed by atoms with Crippen LogP contribution in [0.15, 0.2) is 61.2 Å². The minimum absolute atomic E-state index is 0.000172. The quantitative estimate of drug-likeness (QED) is 0.499. The van der Waals surface area contributed by atoms with Crippen molar-refractivity contribution < 1.29 is 9.72 Å². The number of primary amides is 1. The number of carbonyl (C=O) groups is 1. The summed E-state index contributed by atoms with van der Waals surface area (Å²) in [6.07, 6.45) is 5.29. The highest BCUT2D eigenvalue weighted by Gasteiger charge is 2.24. The van der Waals surface area contributed by atoms with E-state index in [1.54, 1.807) is 48.9 Å². The molecular formula is C21H22N4O3. The molecule has 0 fully saturated rings. The molecule has 7 heteroatoms. The van der Waals surface area contributed by atoms with E-state index in [0.717, 1.165) is 5.56 Å². The van der Waals surface area contributed by atoms with Gasteiger partial charge in [-0.05, 0) is 28.7 Å². The molecule has 3 rings (SSSR count). The molecule has 28 heavy (non-hydrogen) atoms. The molecule has 1 aromatic heterocycles. The van der Waals surface area contributed by atoms with E-state index in [9.17, 15) is 14.9 Å². The van der Waals surface area contributed by atoms with E-state index in [1.807, 2.05) is 16.8 Å². The SMILES string of the molecule is CC(C)C(c1ccc(-c2ccccc2CC(N)=O)c([N+](=O)[O-])c1)n1ccnc1. The Morgan fingerprint density at radius 3 is 2.57 bits per heavy atom. The van der Waals surface area contributed by atoms with Gasteiger partial charge < -0.3 is 10.3 Å². The smallest absolute Gasteiger partial charge is 0.277 e. The summed E-state index contributed by atoms with van der Waals surface area (Å²) in [5, 5.41) is 11.9. The number of nitro groups is 1. The first kappa shape index (κ1) is 19.3. The number of carbonyl (C=O) groups excluding carboxylic acids is 1. The maximum atomic E-state index is 11.9. The number of nitro benzene ring substituents is 1.